The highest BCUT2D eigenvalue weighted by Crippen LogP contribution is 2.10. The van der Waals surface area contributed by atoms with E-state index in [1.54, 1.807) is 36.8 Å². The van der Waals surface area contributed by atoms with Gasteiger partial charge in [0, 0.05) is 39.3 Å². The van der Waals surface area contributed by atoms with Crippen LogP contribution in [0.3, 0.4) is 0 Å². The van der Waals surface area contributed by atoms with Crippen LogP contribution in [0.25, 0.3) is 0 Å². The molecule has 0 saturated carbocycles. The van der Waals surface area contributed by atoms with Crippen LogP contribution in [-0.4, -0.2) is 47.3 Å². The molecule has 134 valence electrons. The molecule has 0 aliphatic rings. The normalized spacial score (nSPS) is 10.4. The van der Waals surface area contributed by atoms with E-state index < -0.39 is 0 Å². The topological polar surface area (TPSA) is 79.3 Å². The Balaban J connectivity index is 1.86. The number of rotatable bonds is 6. The molecule has 0 aliphatic carbocycles. The van der Waals surface area contributed by atoms with E-state index in [1.165, 1.54) is 0 Å². The van der Waals surface area contributed by atoms with Crippen molar-refractivity contribution in [2.24, 2.45) is 7.05 Å². The first-order valence-corrected chi connectivity index (χ1v) is 8.29. The molecule has 0 spiro atoms. The van der Waals surface area contributed by atoms with Gasteiger partial charge in [0.25, 0.3) is 5.91 Å². The van der Waals surface area contributed by atoms with Crippen LogP contribution in [0.2, 0.25) is 0 Å². The van der Waals surface area contributed by atoms with Crippen LogP contribution in [0.1, 0.15) is 28.5 Å². The monoisotopic (exact) mass is 343 g/mol. The van der Waals surface area contributed by atoms with E-state index >= 15 is 0 Å². The Hall–Kier alpha value is -2.83. The van der Waals surface area contributed by atoms with Crippen molar-refractivity contribution in [3.8, 4) is 0 Å². The van der Waals surface area contributed by atoms with Crippen LogP contribution < -0.4 is 10.6 Å². The Morgan fingerprint density at radius 1 is 1.24 bits per heavy atom. The van der Waals surface area contributed by atoms with Gasteiger partial charge < -0.3 is 10.2 Å². The van der Waals surface area contributed by atoms with Crippen molar-refractivity contribution in [3.63, 3.8) is 0 Å². The fourth-order valence-electron chi connectivity index (χ4n) is 2.42. The number of carbonyl (C=O) groups is 2. The zero-order valence-electron chi connectivity index (χ0n) is 15.2. The maximum absolute atomic E-state index is 12.0. The van der Waals surface area contributed by atoms with Gasteiger partial charge in [-0.25, -0.2) is 4.79 Å². The van der Waals surface area contributed by atoms with E-state index in [0.29, 0.717) is 24.3 Å². The lowest BCUT2D eigenvalue weighted by Crippen LogP contribution is -2.31. The van der Waals surface area contributed by atoms with Crippen LogP contribution in [0.15, 0.2) is 30.3 Å². The summed E-state index contributed by atoms with van der Waals surface area (Å²) in [6, 6.07) is 9.03. The second-order valence-electron chi connectivity index (χ2n) is 6.03. The van der Waals surface area contributed by atoms with E-state index in [4.69, 9.17) is 0 Å². The molecule has 0 aliphatic heterocycles. The average molecular weight is 343 g/mol. The van der Waals surface area contributed by atoms with E-state index in [0.717, 1.165) is 17.7 Å². The molecule has 0 unspecified atom stereocenters. The molecular weight excluding hydrogens is 318 g/mol. The van der Waals surface area contributed by atoms with Crippen LogP contribution in [0.4, 0.5) is 10.6 Å². The zero-order valence-corrected chi connectivity index (χ0v) is 15.2. The van der Waals surface area contributed by atoms with Crippen molar-refractivity contribution < 1.29 is 9.59 Å². The molecule has 1 aromatic heterocycles. The lowest BCUT2D eigenvalue weighted by Gasteiger charge is -2.11. The van der Waals surface area contributed by atoms with Crippen molar-refractivity contribution in [1.82, 2.24) is 20.0 Å². The van der Waals surface area contributed by atoms with Gasteiger partial charge in [-0.1, -0.05) is 19.1 Å². The van der Waals surface area contributed by atoms with Crippen LogP contribution in [-0.2, 0) is 19.9 Å². The second kappa shape index (κ2) is 8.32. The van der Waals surface area contributed by atoms with Crippen molar-refractivity contribution in [1.29, 1.82) is 0 Å². The number of aryl methyl sites for hydroxylation is 2. The lowest BCUT2D eigenvalue weighted by molar-refractivity contribution is 0.0827. The Morgan fingerprint density at radius 3 is 2.64 bits per heavy atom. The highest BCUT2D eigenvalue weighted by molar-refractivity contribution is 5.94. The molecule has 3 amide bonds. The molecule has 2 rings (SSSR count). The van der Waals surface area contributed by atoms with Gasteiger partial charge in [0.2, 0.25) is 0 Å². The van der Waals surface area contributed by atoms with Crippen LogP contribution in [0.5, 0.6) is 0 Å². The minimum absolute atomic E-state index is 0.0320. The number of anilines is 1. The number of hydrogen-bond acceptors (Lipinski definition) is 3. The van der Waals surface area contributed by atoms with Gasteiger partial charge in [0.1, 0.15) is 5.82 Å². The maximum Gasteiger partial charge on any atom is 0.320 e. The number of nitrogens with zero attached hydrogens (tertiary/aromatic N) is 3. The maximum atomic E-state index is 12.0. The molecule has 0 saturated heterocycles. The first kappa shape index (κ1) is 18.5. The molecule has 0 fully saturated rings. The highest BCUT2D eigenvalue weighted by atomic mass is 16.2. The molecule has 7 nitrogen and oxygen atoms in total. The summed E-state index contributed by atoms with van der Waals surface area (Å²) in [5, 5.41) is 9.89. The second-order valence-corrected chi connectivity index (χ2v) is 6.03. The quantitative estimate of drug-likeness (QED) is 0.842. The summed E-state index contributed by atoms with van der Waals surface area (Å²) in [6.45, 7) is 2.49. The zero-order chi connectivity index (χ0) is 18.4. The summed E-state index contributed by atoms with van der Waals surface area (Å²) >= 11 is 0. The summed E-state index contributed by atoms with van der Waals surface area (Å²) in [5.41, 5.74) is 2.58. The summed E-state index contributed by atoms with van der Waals surface area (Å²) < 4.78 is 1.65. The molecule has 1 heterocycles. The van der Waals surface area contributed by atoms with Gasteiger partial charge in [-0.15, -0.1) is 0 Å². The molecule has 2 N–H and O–H groups in total. The molecule has 0 radical (unpaired) electrons. The largest absolute Gasteiger partial charge is 0.345 e. The smallest absolute Gasteiger partial charge is 0.320 e. The van der Waals surface area contributed by atoms with Gasteiger partial charge in [0.05, 0.1) is 5.69 Å². The number of nitrogens with one attached hydrogen (secondary N) is 2. The molecular formula is C18H25N5O2. The Labute approximate surface area is 148 Å². The van der Waals surface area contributed by atoms with Gasteiger partial charge in [0.15, 0.2) is 0 Å². The number of carbonyl (C=O) groups excluding carboxylic acids is 2. The van der Waals surface area contributed by atoms with E-state index in [-0.39, 0.29) is 11.9 Å². The van der Waals surface area contributed by atoms with Crippen molar-refractivity contribution in [2.75, 3.05) is 26.0 Å². The summed E-state index contributed by atoms with van der Waals surface area (Å²) in [6.07, 6.45) is 1.46. The van der Waals surface area contributed by atoms with Crippen LogP contribution >= 0.6 is 0 Å². The number of urea groups is 1. The Bertz CT molecular complexity index is 752. The molecule has 2 aromatic rings. The molecule has 0 bridgehead atoms. The predicted octanol–water partition coefficient (Wildman–Crippen LogP) is 2.05. The van der Waals surface area contributed by atoms with Gasteiger partial charge in [-0.3, -0.25) is 14.8 Å². The fraction of sp³-hybridized carbons (Fsp3) is 0.389. The van der Waals surface area contributed by atoms with E-state index in [2.05, 4.69) is 15.7 Å². The van der Waals surface area contributed by atoms with Crippen molar-refractivity contribution in [3.05, 3.63) is 47.2 Å². The molecule has 0 atom stereocenters. The summed E-state index contributed by atoms with van der Waals surface area (Å²) in [7, 11) is 5.24. The minimum atomic E-state index is -0.272. The minimum Gasteiger partial charge on any atom is -0.345 e. The number of hydrogen-bond donors (Lipinski definition) is 2. The Kier molecular flexibility index (Phi) is 6.16. The molecule has 25 heavy (non-hydrogen) atoms. The standard InChI is InChI=1S/C18H25N5O2/c1-5-15-12-16(23(4)21-15)20-18(25)19-10-9-13-7-6-8-14(11-13)17(24)22(2)3/h6-8,11-12H,5,9-10H2,1-4H3,(H2,19,20,25). The molecule has 1 aromatic carbocycles. The van der Waals surface area contributed by atoms with Crippen LogP contribution in [0, 0.1) is 0 Å². The van der Waals surface area contributed by atoms with E-state index in [1.807, 2.05) is 31.2 Å². The third-order valence-corrected chi connectivity index (χ3v) is 3.81. The summed E-state index contributed by atoms with van der Waals surface area (Å²) in [5.74, 6) is 0.628. The predicted molar refractivity (Wildman–Crippen MR) is 97.8 cm³/mol. The van der Waals surface area contributed by atoms with Gasteiger partial charge in [-0.05, 0) is 30.5 Å². The first-order valence-electron chi connectivity index (χ1n) is 8.29. The highest BCUT2D eigenvalue weighted by Gasteiger charge is 2.09. The van der Waals surface area contributed by atoms with Gasteiger partial charge >= 0.3 is 6.03 Å². The number of aromatic nitrogens is 2. The average Bonchev–Trinajstić information content (AvgIpc) is 2.94. The lowest BCUT2D eigenvalue weighted by atomic mass is 10.1. The third kappa shape index (κ3) is 5.07. The Morgan fingerprint density at radius 2 is 2.00 bits per heavy atom. The fourth-order valence-corrected chi connectivity index (χ4v) is 2.42. The SMILES string of the molecule is CCc1cc(NC(=O)NCCc2cccc(C(=O)N(C)C)c2)n(C)n1. The first-order chi connectivity index (χ1) is 11.9. The van der Waals surface area contributed by atoms with Crippen molar-refractivity contribution >= 4 is 17.8 Å². The number of benzene rings is 1. The summed E-state index contributed by atoms with van der Waals surface area (Å²) in [4.78, 5) is 25.5. The number of amides is 3. The van der Waals surface area contributed by atoms with E-state index in [9.17, 15) is 9.59 Å². The third-order valence-electron chi connectivity index (χ3n) is 3.81. The van der Waals surface area contributed by atoms with Gasteiger partial charge in [-0.2, -0.15) is 5.10 Å². The van der Waals surface area contributed by atoms with Crippen molar-refractivity contribution in [2.45, 2.75) is 19.8 Å². The molecule has 7 heteroatoms.